The number of rotatable bonds is 6. The summed E-state index contributed by atoms with van der Waals surface area (Å²) < 4.78 is 23.6. The number of hydrogen-bond acceptors (Lipinski definition) is 3. The maximum atomic E-state index is 6.26. The van der Waals surface area contributed by atoms with E-state index in [0.717, 1.165) is 43.5 Å². The highest BCUT2D eigenvalue weighted by Gasteiger charge is 2.27. The van der Waals surface area contributed by atoms with Crippen LogP contribution in [0.4, 0.5) is 0 Å². The van der Waals surface area contributed by atoms with Crippen LogP contribution < -0.4 is 13.6 Å². The molecule has 0 spiro atoms. The first kappa shape index (κ1) is 26.0. The van der Waals surface area contributed by atoms with Crippen molar-refractivity contribution in [2.75, 3.05) is 0 Å². The van der Waals surface area contributed by atoms with Crippen molar-refractivity contribution in [1.29, 1.82) is 0 Å². The second kappa shape index (κ2) is 11.2. The van der Waals surface area contributed by atoms with Gasteiger partial charge in [-0.1, -0.05) is 0 Å². The minimum atomic E-state index is -1.90. The molecule has 0 aliphatic rings. The lowest BCUT2D eigenvalue weighted by atomic mass is 10.2. The molecular formula is C21H15Br6O3P. The van der Waals surface area contributed by atoms with Gasteiger partial charge in [0.1, 0.15) is 0 Å². The second-order valence-electron chi connectivity index (χ2n) is 6.67. The maximum absolute atomic E-state index is 6.26. The van der Waals surface area contributed by atoms with E-state index in [1.807, 2.05) is 57.2 Å². The maximum Gasteiger partial charge on any atom is 0.530 e. The molecule has 0 atom stereocenters. The van der Waals surface area contributed by atoms with Gasteiger partial charge in [-0.25, -0.2) is 0 Å². The van der Waals surface area contributed by atoms with Gasteiger partial charge in [0.15, 0.2) is 17.2 Å². The molecule has 0 saturated carbocycles. The van der Waals surface area contributed by atoms with Crippen molar-refractivity contribution in [1.82, 2.24) is 0 Å². The lowest BCUT2D eigenvalue weighted by Gasteiger charge is -2.22. The van der Waals surface area contributed by atoms with E-state index in [1.165, 1.54) is 0 Å². The van der Waals surface area contributed by atoms with E-state index in [0.29, 0.717) is 17.2 Å². The monoisotopic (exact) mass is 820 g/mol. The van der Waals surface area contributed by atoms with Gasteiger partial charge in [-0.3, -0.25) is 0 Å². The lowest BCUT2D eigenvalue weighted by Crippen LogP contribution is -2.05. The van der Waals surface area contributed by atoms with Crippen LogP contribution in [0.3, 0.4) is 0 Å². The summed E-state index contributed by atoms with van der Waals surface area (Å²) in [7, 11) is -1.90. The van der Waals surface area contributed by atoms with E-state index in [1.54, 1.807) is 0 Å². The highest BCUT2D eigenvalue weighted by atomic mass is 79.9. The van der Waals surface area contributed by atoms with Gasteiger partial charge in [-0.2, -0.15) is 0 Å². The molecule has 0 heterocycles. The highest BCUT2D eigenvalue weighted by Crippen LogP contribution is 2.52. The summed E-state index contributed by atoms with van der Waals surface area (Å²) in [6, 6.07) is 11.9. The molecule has 0 amide bonds. The number of hydrogen-bond donors (Lipinski definition) is 0. The average molecular weight is 826 g/mol. The fraction of sp³-hybridized carbons (Fsp3) is 0.143. The van der Waals surface area contributed by atoms with Crippen LogP contribution in [0.5, 0.6) is 17.2 Å². The van der Waals surface area contributed by atoms with Gasteiger partial charge in [-0.15, -0.1) is 0 Å². The Kier molecular flexibility index (Phi) is 9.38. The summed E-state index contributed by atoms with van der Waals surface area (Å²) in [5.74, 6) is 1.78. The SMILES string of the molecule is Cc1cc(Br)c(OP(Oc2c(Br)cc(C)cc2Br)Oc2c(Br)cc(C)cc2Br)c(Br)c1. The zero-order valence-corrected chi connectivity index (χ0v) is 26.8. The van der Waals surface area contributed by atoms with Gasteiger partial charge in [0.25, 0.3) is 0 Å². The number of benzene rings is 3. The molecule has 3 aromatic rings. The van der Waals surface area contributed by atoms with Crippen LogP contribution in [0, 0.1) is 20.8 Å². The predicted molar refractivity (Wildman–Crippen MR) is 149 cm³/mol. The van der Waals surface area contributed by atoms with Gasteiger partial charge in [0.05, 0.1) is 26.8 Å². The first-order chi connectivity index (χ1) is 14.5. The van der Waals surface area contributed by atoms with Crippen LogP contribution in [-0.2, 0) is 0 Å². The van der Waals surface area contributed by atoms with Crippen LogP contribution in [0.15, 0.2) is 63.2 Å². The third-order valence-corrected chi connectivity index (χ3v) is 8.45. The molecule has 31 heavy (non-hydrogen) atoms. The van der Waals surface area contributed by atoms with Gasteiger partial charge in [-0.05, 0) is 169 Å². The molecule has 10 heteroatoms. The summed E-state index contributed by atoms with van der Waals surface area (Å²) in [5, 5.41) is 0. The molecule has 0 saturated heterocycles. The largest absolute Gasteiger partial charge is 0.530 e. The second-order valence-corrected chi connectivity index (χ2v) is 12.8. The highest BCUT2D eigenvalue weighted by molar-refractivity contribution is 9.12. The molecule has 0 aliphatic heterocycles. The molecule has 3 aromatic carbocycles. The Labute approximate surface area is 233 Å². The fourth-order valence-electron chi connectivity index (χ4n) is 2.60. The summed E-state index contributed by atoms with van der Waals surface area (Å²) in [4.78, 5) is 0. The fourth-order valence-corrected chi connectivity index (χ4v) is 9.23. The van der Waals surface area contributed by atoms with Gasteiger partial charge >= 0.3 is 8.60 Å². The van der Waals surface area contributed by atoms with Crippen molar-refractivity contribution in [2.45, 2.75) is 20.8 Å². The van der Waals surface area contributed by atoms with Crippen LogP contribution in [-0.4, -0.2) is 0 Å². The Bertz CT molecular complexity index is 928. The Morgan fingerprint density at radius 2 is 0.645 bits per heavy atom. The van der Waals surface area contributed by atoms with Crippen molar-refractivity contribution >= 4 is 104 Å². The smallest absolute Gasteiger partial charge is 0.406 e. The molecule has 0 radical (unpaired) electrons. The summed E-state index contributed by atoms with van der Waals surface area (Å²) in [5.41, 5.74) is 3.26. The Hall–Kier alpha value is 0.370. The minimum Gasteiger partial charge on any atom is -0.406 e. The molecule has 0 unspecified atom stereocenters. The Morgan fingerprint density at radius 3 is 0.839 bits per heavy atom. The van der Waals surface area contributed by atoms with Gasteiger partial charge in [0, 0.05) is 0 Å². The normalized spacial score (nSPS) is 11.0. The summed E-state index contributed by atoms with van der Waals surface area (Å²) in [6.45, 7) is 6.03. The molecule has 0 fully saturated rings. The van der Waals surface area contributed by atoms with E-state index in [9.17, 15) is 0 Å². The zero-order valence-electron chi connectivity index (χ0n) is 16.4. The van der Waals surface area contributed by atoms with E-state index < -0.39 is 8.60 Å². The first-order valence-electron chi connectivity index (χ1n) is 8.76. The third kappa shape index (κ3) is 6.71. The molecule has 0 bridgehead atoms. The Balaban J connectivity index is 2.02. The van der Waals surface area contributed by atoms with E-state index >= 15 is 0 Å². The van der Waals surface area contributed by atoms with Crippen LogP contribution in [0.2, 0.25) is 0 Å². The quantitative estimate of drug-likeness (QED) is 0.232. The van der Waals surface area contributed by atoms with Gasteiger partial charge in [0.2, 0.25) is 0 Å². The van der Waals surface area contributed by atoms with E-state index in [4.69, 9.17) is 13.6 Å². The molecule has 3 rings (SSSR count). The summed E-state index contributed by atoms with van der Waals surface area (Å²) >= 11 is 21.5. The first-order valence-corrected chi connectivity index (χ1v) is 14.6. The van der Waals surface area contributed by atoms with E-state index in [2.05, 4.69) is 95.6 Å². The van der Waals surface area contributed by atoms with Crippen LogP contribution in [0.25, 0.3) is 0 Å². The molecule has 0 aromatic heterocycles. The van der Waals surface area contributed by atoms with Crippen LogP contribution >= 0.6 is 104 Å². The lowest BCUT2D eigenvalue weighted by molar-refractivity contribution is 0.382. The molecule has 3 nitrogen and oxygen atoms in total. The van der Waals surface area contributed by atoms with Crippen molar-refractivity contribution < 1.29 is 13.6 Å². The third-order valence-electron chi connectivity index (χ3n) is 3.93. The van der Waals surface area contributed by atoms with Crippen molar-refractivity contribution in [3.05, 3.63) is 79.9 Å². The standard InChI is InChI=1S/C21H15Br6O3P/c1-10-4-13(22)19(14(23)5-10)28-31(29-20-15(24)6-11(2)7-16(20)25)30-21-17(26)8-12(3)9-18(21)27/h4-9H,1-3H3. The van der Waals surface area contributed by atoms with Crippen molar-refractivity contribution in [3.63, 3.8) is 0 Å². The minimum absolute atomic E-state index is 0.593. The predicted octanol–water partition coefficient (Wildman–Crippen LogP) is 11.0. The average Bonchev–Trinajstić information content (AvgIpc) is 2.63. The van der Waals surface area contributed by atoms with Crippen LogP contribution in [0.1, 0.15) is 16.7 Å². The van der Waals surface area contributed by atoms with E-state index in [-0.39, 0.29) is 0 Å². The van der Waals surface area contributed by atoms with Crippen molar-refractivity contribution in [2.24, 2.45) is 0 Å². The Morgan fingerprint density at radius 1 is 0.452 bits per heavy atom. The zero-order chi connectivity index (χ0) is 22.9. The number of halogens is 6. The summed E-state index contributed by atoms with van der Waals surface area (Å²) in [6.07, 6.45) is 0. The van der Waals surface area contributed by atoms with Crippen molar-refractivity contribution in [3.8, 4) is 17.2 Å². The molecule has 0 N–H and O–H groups in total. The molecule has 164 valence electrons. The number of aryl methyl sites for hydroxylation is 3. The topological polar surface area (TPSA) is 27.7 Å². The molecular weight excluding hydrogens is 811 g/mol. The van der Waals surface area contributed by atoms with Gasteiger partial charge < -0.3 is 13.6 Å². The molecule has 0 aliphatic carbocycles.